The number of amides is 1. The molecule has 36 heavy (non-hydrogen) atoms. The Balaban J connectivity index is 1.36. The van der Waals surface area contributed by atoms with Gasteiger partial charge in [0.05, 0.1) is 33.8 Å². The fourth-order valence-electron chi connectivity index (χ4n) is 3.83. The van der Waals surface area contributed by atoms with Gasteiger partial charge in [-0.3, -0.25) is 4.79 Å². The SMILES string of the molecule is COCC(C)C(=O)Nc1ccc2ncnc(Nc3ccc(Oc4ccc5scnc5c4)c(C)c3)c2c1. The summed E-state index contributed by atoms with van der Waals surface area (Å²) < 4.78 is 12.3. The normalized spacial score (nSPS) is 12.0. The smallest absolute Gasteiger partial charge is 0.229 e. The molecule has 8 nitrogen and oxygen atoms in total. The summed E-state index contributed by atoms with van der Waals surface area (Å²) in [5, 5.41) is 7.11. The maximum absolute atomic E-state index is 12.4. The second-order valence-corrected chi connectivity index (χ2v) is 9.38. The second-order valence-electron chi connectivity index (χ2n) is 8.49. The molecule has 0 aliphatic heterocycles. The average Bonchev–Trinajstić information content (AvgIpc) is 3.34. The number of thiazole rings is 1. The van der Waals surface area contributed by atoms with Gasteiger partial charge in [0.1, 0.15) is 23.6 Å². The van der Waals surface area contributed by atoms with Gasteiger partial charge in [-0.15, -0.1) is 11.3 Å². The summed E-state index contributed by atoms with van der Waals surface area (Å²) >= 11 is 1.60. The number of aromatic nitrogens is 3. The van der Waals surface area contributed by atoms with Gasteiger partial charge >= 0.3 is 0 Å². The number of ether oxygens (including phenoxy) is 2. The van der Waals surface area contributed by atoms with Crippen molar-refractivity contribution in [3.63, 3.8) is 0 Å². The van der Waals surface area contributed by atoms with Crippen molar-refractivity contribution >= 4 is 55.6 Å². The van der Waals surface area contributed by atoms with Crippen LogP contribution in [0.5, 0.6) is 11.5 Å². The van der Waals surface area contributed by atoms with E-state index in [1.165, 1.54) is 6.33 Å². The highest BCUT2D eigenvalue weighted by atomic mass is 32.1. The molecule has 0 spiro atoms. The minimum absolute atomic E-state index is 0.109. The Labute approximate surface area is 212 Å². The molecule has 3 aromatic carbocycles. The number of hydrogen-bond acceptors (Lipinski definition) is 8. The summed E-state index contributed by atoms with van der Waals surface area (Å²) in [6.07, 6.45) is 1.52. The highest BCUT2D eigenvalue weighted by molar-refractivity contribution is 7.16. The van der Waals surface area contributed by atoms with Gasteiger partial charge in [0.15, 0.2) is 0 Å². The zero-order valence-electron chi connectivity index (χ0n) is 20.1. The number of fused-ring (bicyclic) bond motifs is 2. The van der Waals surface area contributed by atoms with Gasteiger partial charge in [-0.05, 0) is 61.0 Å². The molecule has 1 atom stereocenters. The first-order chi connectivity index (χ1) is 17.5. The van der Waals surface area contributed by atoms with Crippen molar-refractivity contribution in [3.8, 4) is 11.5 Å². The first-order valence-electron chi connectivity index (χ1n) is 11.4. The third kappa shape index (κ3) is 5.12. The van der Waals surface area contributed by atoms with Crippen LogP contribution in [0.2, 0.25) is 0 Å². The van der Waals surface area contributed by atoms with Gasteiger partial charge in [0.25, 0.3) is 0 Å². The average molecular weight is 500 g/mol. The number of hydrogen-bond donors (Lipinski definition) is 2. The number of nitrogens with zero attached hydrogens (tertiary/aromatic N) is 3. The highest BCUT2D eigenvalue weighted by Gasteiger charge is 2.14. The van der Waals surface area contributed by atoms with Crippen LogP contribution in [0.25, 0.3) is 21.1 Å². The van der Waals surface area contributed by atoms with Crippen LogP contribution < -0.4 is 15.4 Å². The molecule has 0 bridgehead atoms. The van der Waals surface area contributed by atoms with E-state index in [1.807, 2.05) is 74.0 Å². The first kappa shape index (κ1) is 23.7. The van der Waals surface area contributed by atoms with Crippen LogP contribution >= 0.6 is 11.3 Å². The lowest BCUT2D eigenvalue weighted by Gasteiger charge is -2.14. The molecule has 1 amide bonds. The summed E-state index contributed by atoms with van der Waals surface area (Å²) in [7, 11) is 1.58. The van der Waals surface area contributed by atoms with E-state index < -0.39 is 0 Å². The molecule has 0 radical (unpaired) electrons. The summed E-state index contributed by atoms with van der Waals surface area (Å²) in [5.41, 5.74) is 6.02. The molecule has 0 saturated carbocycles. The fraction of sp³-hybridized carbons (Fsp3) is 0.185. The van der Waals surface area contributed by atoms with Crippen LogP contribution in [0.3, 0.4) is 0 Å². The largest absolute Gasteiger partial charge is 0.457 e. The molecule has 0 aliphatic rings. The Kier molecular flexibility index (Phi) is 6.75. The Morgan fingerprint density at radius 2 is 1.86 bits per heavy atom. The van der Waals surface area contributed by atoms with E-state index >= 15 is 0 Å². The molecule has 5 aromatic rings. The number of anilines is 3. The van der Waals surface area contributed by atoms with Crippen LogP contribution in [-0.2, 0) is 9.53 Å². The van der Waals surface area contributed by atoms with Crippen molar-refractivity contribution in [2.75, 3.05) is 24.4 Å². The molecule has 5 rings (SSSR count). The van der Waals surface area contributed by atoms with E-state index in [2.05, 4.69) is 25.6 Å². The molecule has 0 saturated heterocycles. The number of carbonyl (C=O) groups is 1. The zero-order chi connectivity index (χ0) is 25.1. The van der Waals surface area contributed by atoms with Crippen molar-refractivity contribution in [2.24, 2.45) is 5.92 Å². The third-order valence-corrected chi connectivity index (χ3v) is 6.54. The molecule has 2 N–H and O–H groups in total. The van der Waals surface area contributed by atoms with Gasteiger partial charge in [-0.2, -0.15) is 0 Å². The Morgan fingerprint density at radius 3 is 2.69 bits per heavy atom. The van der Waals surface area contributed by atoms with Gasteiger partial charge in [0.2, 0.25) is 5.91 Å². The van der Waals surface area contributed by atoms with E-state index in [4.69, 9.17) is 9.47 Å². The Bertz CT molecular complexity index is 1550. The van der Waals surface area contributed by atoms with Crippen LogP contribution in [0, 0.1) is 12.8 Å². The van der Waals surface area contributed by atoms with Crippen molar-refractivity contribution < 1.29 is 14.3 Å². The minimum Gasteiger partial charge on any atom is -0.457 e. The Hall–Kier alpha value is -4.08. The van der Waals surface area contributed by atoms with Gasteiger partial charge in [-0.1, -0.05) is 6.92 Å². The second kappa shape index (κ2) is 10.3. The lowest BCUT2D eigenvalue weighted by atomic mass is 10.1. The number of rotatable bonds is 8. The molecule has 9 heteroatoms. The topological polar surface area (TPSA) is 98.3 Å². The van der Waals surface area contributed by atoms with Crippen molar-refractivity contribution in [1.29, 1.82) is 0 Å². The Morgan fingerprint density at radius 1 is 1.00 bits per heavy atom. The van der Waals surface area contributed by atoms with Crippen LogP contribution in [-0.4, -0.2) is 34.6 Å². The first-order valence-corrected chi connectivity index (χ1v) is 12.3. The molecular weight excluding hydrogens is 474 g/mol. The number of carbonyl (C=O) groups excluding carboxylic acids is 1. The summed E-state index contributed by atoms with van der Waals surface area (Å²) in [5.74, 6) is 1.78. The van der Waals surface area contributed by atoms with Crippen molar-refractivity contribution in [2.45, 2.75) is 13.8 Å². The van der Waals surface area contributed by atoms with Gasteiger partial charge in [-0.25, -0.2) is 15.0 Å². The number of nitrogens with one attached hydrogen (secondary N) is 2. The molecule has 182 valence electrons. The highest BCUT2D eigenvalue weighted by Crippen LogP contribution is 2.32. The molecular formula is C27H25N5O3S. The number of benzene rings is 3. The predicted molar refractivity (Wildman–Crippen MR) is 143 cm³/mol. The molecule has 1 unspecified atom stereocenters. The van der Waals surface area contributed by atoms with Gasteiger partial charge < -0.3 is 20.1 Å². The maximum atomic E-state index is 12.4. The fourth-order valence-corrected chi connectivity index (χ4v) is 4.49. The quantitative estimate of drug-likeness (QED) is 0.258. The lowest BCUT2D eigenvalue weighted by molar-refractivity contribution is -0.120. The van der Waals surface area contributed by atoms with Crippen LogP contribution in [0.1, 0.15) is 12.5 Å². The summed E-state index contributed by atoms with van der Waals surface area (Å²) in [6, 6.07) is 17.3. The van der Waals surface area contributed by atoms with E-state index in [-0.39, 0.29) is 11.8 Å². The van der Waals surface area contributed by atoms with Crippen LogP contribution in [0.15, 0.2) is 66.4 Å². The summed E-state index contributed by atoms with van der Waals surface area (Å²) in [4.78, 5) is 25.6. The van der Waals surface area contributed by atoms with Crippen molar-refractivity contribution in [1.82, 2.24) is 15.0 Å². The third-order valence-electron chi connectivity index (χ3n) is 5.73. The lowest BCUT2D eigenvalue weighted by Crippen LogP contribution is -2.23. The minimum atomic E-state index is -0.262. The molecule has 2 heterocycles. The summed E-state index contributed by atoms with van der Waals surface area (Å²) in [6.45, 7) is 4.17. The number of methoxy groups -OCH3 is 1. The van der Waals surface area contributed by atoms with Gasteiger partial charge in [0, 0.05) is 29.9 Å². The van der Waals surface area contributed by atoms with Crippen LogP contribution in [0.4, 0.5) is 17.2 Å². The molecule has 0 fully saturated rings. The van der Waals surface area contributed by atoms with E-state index in [1.54, 1.807) is 18.4 Å². The van der Waals surface area contributed by atoms with E-state index in [0.717, 1.165) is 43.9 Å². The van der Waals surface area contributed by atoms with Crippen molar-refractivity contribution in [3.05, 3.63) is 72.0 Å². The monoisotopic (exact) mass is 499 g/mol. The molecule has 0 aliphatic carbocycles. The van der Waals surface area contributed by atoms with E-state index in [9.17, 15) is 4.79 Å². The van der Waals surface area contributed by atoms with E-state index in [0.29, 0.717) is 18.1 Å². The standard InChI is InChI=1S/C27H25N5O3S/c1-16-10-18(5-8-24(16)35-20-6-9-25-23(12-20)30-15-36-25)31-26-21-11-19(4-7-22(21)28-14-29-26)32-27(33)17(2)13-34-3/h4-12,14-15,17H,13H2,1-3H3,(H,32,33)(H,28,29,31). The zero-order valence-corrected chi connectivity index (χ0v) is 20.9. The molecule has 2 aromatic heterocycles. The number of aryl methyl sites for hydroxylation is 1. The predicted octanol–water partition coefficient (Wildman–Crippen LogP) is 6.30. The maximum Gasteiger partial charge on any atom is 0.229 e.